The zero-order valence-electron chi connectivity index (χ0n) is 22.7. The number of ether oxygens (including phenoxy) is 4. The number of hydrogen-bond donors (Lipinski definition) is 1. The van der Waals surface area contributed by atoms with Crippen molar-refractivity contribution >= 4 is 23.8 Å². The Labute approximate surface area is 257 Å². The Balaban J connectivity index is 0.00000423. The number of halogens is 1. The van der Waals surface area contributed by atoms with Crippen LogP contribution in [0.4, 0.5) is 0 Å². The highest BCUT2D eigenvalue weighted by Gasteiger charge is 2.55. The zero-order valence-corrected chi connectivity index (χ0v) is 24.2. The first-order valence-electron chi connectivity index (χ1n) is 13.1. The molecule has 1 aliphatic rings. The molecule has 0 aliphatic carbocycles. The van der Waals surface area contributed by atoms with E-state index in [0.717, 1.165) is 0 Å². The van der Waals surface area contributed by atoms with Gasteiger partial charge in [-0.15, -0.1) is 0 Å². The quantitative estimate of drug-likeness (QED) is 0.156. The number of pyridine rings is 1. The Bertz CT molecular complexity index is 1570. The Hall–Kier alpha value is -4.87. The lowest BCUT2D eigenvalue weighted by Crippen LogP contribution is -3.00. The van der Waals surface area contributed by atoms with Crippen LogP contribution in [0, 0.1) is 0 Å². The SMILES string of the molecule is NC(=O)c1ccc[n+]([C@@H]2O[C@H](COC(=O)c3ccccc3)[C@@H](OC(=O)c3ccccc3)[C@H]2OC(=O)c2ccccc2)c1.[Br-]. The van der Waals surface area contributed by atoms with Gasteiger partial charge in [-0.05, 0) is 42.5 Å². The van der Waals surface area contributed by atoms with Gasteiger partial charge in [0, 0.05) is 6.07 Å². The van der Waals surface area contributed by atoms with E-state index in [1.165, 1.54) is 16.8 Å². The van der Waals surface area contributed by atoms with E-state index in [2.05, 4.69) is 0 Å². The van der Waals surface area contributed by atoms with Crippen molar-refractivity contribution in [3.8, 4) is 0 Å². The highest BCUT2D eigenvalue weighted by Crippen LogP contribution is 2.32. The predicted octanol–water partition coefficient (Wildman–Crippen LogP) is 0.283. The smallest absolute Gasteiger partial charge is 0.338 e. The van der Waals surface area contributed by atoms with E-state index >= 15 is 0 Å². The standard InChI is InChI=1S/C32H26N2O8.BrH/c33-28(35)24-17-10-18-34(19-24)29-27(42-32(38)23-15-8-3-9-16-23)26(41-31(37)22-13-6-2-7-14-22)25(40-29)20-39-30(36)21-11-4-1-5-12-21;/h1-19,25-27,29H,20H2,(H-,33,35);1H/t25-,26-,27-,29-;/m1./s1. The molecule has 5 rings (SSSR count). The van der Waals surface area contributed by atoms with E-state index < -0.39 is 48.4 Å². The third-order valence-electron chi connectivity index (χ3n) is 6.58. The number of nitrogens with two attached hydrogens (primary N) is 1. The molecule has 1 amide bonds. The van der Waals surface area contributed by atoms with Crippen LogP contribution in [0.2, 0.25) is 0 Å². The number of carbonyl (C=O) groups excluding carboxylic acids is 4. The molecule has 1 fully saturated rings. The maximum absolute atomic E-state index is 13.2. The Kier molecular flexibility index (Phi) is 10.4. The van der Waals surface area contributed by atoms with Crippen LogP contribution in [0.1, 0.15) is 47.7 Å². The van der Waals surface area contributed by atoms with Crippen LogP contribution in [-0.4, -0.2) is 48.7 Å². The summed E-state index contributed by atoms with van der Waals surface area (Å²) in [5.74, 6) is -2.68. The molecule has 0 saturated carbocycles. The molecule has 1 saturated heterocycles. The van der Waals surface area contributed by atoms with Crippen molar-refractivity contribution in [3.63, 3.8) is 0 Å². The van der Waals surface area contributed by atoms with Crippen molar-refractivity contribution in [2.45, 2.75) is 24.5 Å². The van der Waals surface area contributed by atoms with Crippen LogP contribution in [0.3, 0.4) is 0 Å². The Morgan fingerprint density at radius 1 is 0.651 bits per heavy atom. The van der Waals surface area contributed by atoms with Gasteiger partial charge in [-0.1, -0.05) is 54.6 Å². The molecule has 43 heavy (non-hydrogen) atoms. The van der Waals surface area contributed by atoms with Gasteiger partial charge in [-0.2, -0.15) is 4.57 Å². The van der Waals surface area contributed by atoms with Gasteiger partial charge in [0.2, 0.25) is 6.10 Å². The first kappa shape index (κ1) is 31.1. The minimum atomic E-state index is -1.21. The second-order valence-corrected chi connectivity index (χ2v) is 9.41. The number of aromatic nitrogens is 1. The van der Waals surface area contributed by atoms with Crippen molar-refractivity contribution in [2.24, 2.45) is 5.73 Å². The van der Waals surface area contributed by atoms with E-state index in [-0.39, 0.29) is 40.3 Å². The fourth-order valence-electron chi connectivity index (χ4n) is 4.49. The summed E-state index contributed by atoms with van der Waals surface area (Å²) in [6.07, 6.45) is -1.51. The maximum atomic E-state index is 13.2. The molecular formula is C32H27BrN2O8. The second kappa shape index (κ2) is 14.3. The summed E-state index contributed by atoms with van der Waals surface area (Å²) in [6.45, 7) is -0.327. The lowest BCUT2D eigenvalue weighted by Gasteiger charge is -2.23. The van der Waals surface area contributed by atoms with Crippen LogP contribution in [0.15, 0.2) is 116 Å². The molecule has 0 radical (unpaired) electrons. The Morgan fingerprint density at radius 2 is 1.12 bits per heavy atom. The minimum Gasteiger partial charge on any atom is -1.00 e. The summed E-state index contributed by atoms with van der Waals surface area (Å²) < 4.78 is 25.1. The lowest BCUT2D eigenvalue weighted by atomic mass is 10.1. The summed E-state index contributed by atoms with van der Waals surface area (Å²) in [6, 6.07) is 28.0. The molecule has 3 aromatic carbocycles. The number of amides is 1. The molecule has 10 nitrogen and oxygen atoms in total. The number of carbonyl (C=O) groups is 4. The van der Waals surface area contributed by atoms with Crippen molar-refractivity contribution < 1.29 is 59.7 Å². The highest BCUT2D eigenvalue weighted by atomic mass is 79.9. The van der Waals surface area contributed by atoms with Gasteiger partial charge in [0.05, 0.1) is 16.7 Å². The molecular weight excluding hydrogens is 620 g/mol. The molecule has 0 bridgehead atoms. The molecule has 4 atom stereocenters. The summed E-state index contributed by atoms with van der Waals surface area (Å²) in [4.78, 5) is 51.1. The number of rotatable bonds is 9. The molecule has 220 valence electrons. The van der Waals surface area contributed by atoms with Crippen LogP contribution < -0.4 is 27.3 Å². The van der Waals surface area contributed by atoms with Gasteiger partial charge in [0.1, 0.15) is 18.3 Å². The van der Waals surface area contributed by atoms with Gasteiger partial charge >= 0.3 is 24.1 Å². The first-order valence-corrected chi connectivity index (χ1v) is 13.1. The van der Waals surface area contributed by atoms with Crippen LogP contribution in [0.25, 0.3) is 0 Å². The fraction of sp³-hybridized carbons (Fsp3) is 0.156. The zero-order chi connectivity index (χ0) is 29.5. The van der Waals surface area contributed by atoms with Crippen molar-refractivity contribution in [1.82, 2.24) is 0 Å². The predicted molar refractivity (Wildman–Crippen MR) is 147 cm³/mol. The molecule has 2 N–H and O–H groups in total. The maximum Gasteiger partial charge on any atom is 0.338 e. The normalized spacial score (nSPS) is 19.0. The summed E-state index contributed by atoms with van der Waals surface area (Å²) in [7, 11) is 0. The number of benzene rings is 3. The van der Waals surface area contributed by atoms with E-state index in [0.29, 0.717) is 5.56 Å². The first-order chi connectivity index (χ1) is 20.4. The van der Waals surface area contributed by atoms with E-state index in [9.17, 15) is 19.2 Å². The number of primary amides is 1. The molecule has 0 spiro atoms. The topological polar surface area (TPSA) is 135 Å². The van der Waals surface area contributed by atoms with Crippen molar-refractivity contribution in [2.75, 3.05) is 6.61 Å². The lowest BCUT2D eigenvalue weighted by molar-refractivity contribution is -0.765. The molecule has 0 unspecified atom stereocenters. The summed E-state index contributed by atoms with van der Waals surface area (Å²) in [5.41, 5.74) is 6.51. The number of nitrogens with zero attached hydrogens (tertiary/aromatic N) is 1. The molecule has 2 heterocycles. The molecule has 1 aromatic heterocycles. The second-order valence-electron chi connectivity index (χ2n) is 9.41. The average molecular weight is 647 g/mol. The van der Waals surface area contributed by atoms with Gasteiger partial charge in [-0.25, -0.2) is 14.4 Å². The largest absolute Gasteiger partial charge is 1.00 e. The van der Waals surface area contributed by atoms with Crippen LogP contribution >= 0.6 is 0 Å². The Morgan fingerprint density at radius 3 is 1.63 bits per heavy atom. The third-order valence-corrected chi connectivity index (χ3v) is 6.58. The molecule has 11 heteroatoms. The van der Waals surface area contributed by atoms with Gasteiger partial charge in [0.15, 0.2) is 18.5 Å². The average Bonchev–Trinajstić information content (AvgIpc) is 3.37. The highest BCUT2D eigenvalue weighted by molar-refractivity contribution is 5.92. The fourth-order valence-corrected chi connectivity index (χ4v) is 4.49. The summed E-state index contributed by atoms with van der Waals surface area (Å²) in [5, 5.41) is 0. The van der Waals surface area contributed by atoms with Gasteiger partial charge in [-0.3, -0.25) is 4.79 Å². The molecule has 1 aliphatic heterocycles. The van der Waals surface area contributed by atoms with E-state index in [1.807, 2.05) is 0 Å². The van der Waals surface area contributed by atoms with Crippen LogP contribution in [-0.2, 0) is 18.9 Å². The monoisotopic (exact) mass is 646 g/mol. The van der Waals surface area contributed by atoms with E-state index in [4.69, 9.17) is 24.7 Å². The summed E-state index contributed by atoms with van der Waals surface area (Å²) >= 11 is 0. The van der Waals surface area contributed by atoms with Gasteiger partial charge in [0.25, 0.3) is 5.91 Å². The van der Waals surface area contributed by atoms with E-state index in [1.54, 1.807) is 103 Å². The third kappa shape index (κ3) is 7.51. The van der Waals surface area contributed by atoms with Gasteiger partial charge < -0.3 is 41.7 Å². The van der Waals surface area contributed by atoms with Crippen LogP contribution in [0.5, 0.6) is 0 Å². The van der Waals surface area contributed by atoms with Crippen molar-refractivity contribution in [3.05, 3.63) is 138 Å². The van der Waals surface area contributed by atoms with Crippen molar-refractivity contribution in [1.29, 1.82) is 0 Å². The number of esters is 3. The number of hydrogen-bond acceptors (Lipinski definition) is 8. The molecule has 4 aromatic rings. The minimum absolute atomic E-state index is 0.